The molecule has 108 valence electrons. The van der Waals surface area contributed by atoms with E-state index in [0.29, 0.717) is 36.8 Å². The van der Waals surface area contributed by atoms with Gasteiger partial charge in [0.2, 0.25) is 0 Å². The second-order valence-electron chi connectivity index (χ2n) is 4.23. The van der Waals surface area contributed by atoms with Gasteiger partial charge in [-0.3, -0.25) is 0 Å². The average Bonchev–Trinajstić information content (AvgIpc) is 2.39. The van der Waals surface area contributed by atoms with Crippen LogP contribution in [0.25, 0.3) is 0 Å². The average molecular weight is 290 g/mol. The molecule has 0 fully saturated rings. The van der Waals surface area contributed by atoms with Gasteiger partial charge in [-0.2, -0.15) is 0 Å². The first-order valence-corrected chi connectivity index (χ1v) is 6.79. The number of nitrogens with one attached hydrogen (secondary N) is 1. The molecule has 1 N–H and O–H groups in total. The van der Waals surface area contributed by atoms with E-state index in [0.717, 1.165) is 6.54 Å². The van der Waals surface area contributed by atoms with Crippen molar-refractivity contribution in [1.29, 1.82) is 0 Å². The SMILES string of the molecule is CCNC(COCCOC)Cc1c(F)cccc1Cl. The standard InChI is InChI=1S/C14H21ClFNO2/c1-3-17-11(10-19-8-7-18-2)9-12-13(15)5-4-6-14(12)16/h4-6,11,17H,3,7-10H2,1-2H3. The summed E-state index contributed by atoms with van der Waals surface area (Å²) in [5, 5.41) is 3.73. The summed E-state index contributed by atoms with van der Waals surface area (Å²) < 4.78 is 24.1. The van der Waals surface area contributed by atoms with Crippen molar-refractivity contribution in [3.8, 4) is 0 Å². The van der Waals surface area contributed by atoms with Crippen molar-refractivity contribution < 1.29 is 13.9 Å². The number of methoxy groups -OCH3 is 1. The molecule has 0 amide bonds. The topological polar surface area (TPSA) is 30.5 Å². The van der Waals surface area contributed by atoms with Gasteiger partial charge >= 0.3 is 0 Å². The van der Waals surface area contributed by atoms with Crippen molar-refractivity contribution in [2.75, 3.05) is 33.5 Å². The van der Waals surface area contributed by atoms with Crippen molar-refractivity contribution in [1.82, 2.24) is 5.32 Å². The fourth-order valence-electron chi connectivity index (χ4n) is 1.82. The van der Waals surface area contributed by atoms with Gasteiger partial charge in [0.1, 0.15) is 5.82 Å². The molecule has 1 atom stereocenters. The van der Waals surface area contributed by atoms with E-state index >= 15 is 0 Å². The van der Waals surface area contributed by atoms with Crippen LogP contribution in [0.1, 0.15) is 12.5 Å². The molecule has 0 radical (unpaired) electrons. The molecule has 5 heteroatoms. The molecule has 0 bridgehead atoms. The minimum Gasteiger partial charge on any atom is -0.382 e. The molecular formula is C14H21ClFNO2. The molecule has 3 nitrogen and oxygen atoms in total. The van der Waals surface area contributed by atoms with Crippen molar-refractivity contribution >= 4 is 11.6 Å². The Bertz CT molecular complexity index is 356. The Morgan fingerprint density at radius 3 is 2.79 bits per heavy atom. The molecule has 1 aromatic rings. The summed E-state index contributed by atoms with van der Waals surface area (Å²) in [7, 11) is 1.63. The molecule has 0 aliphatic rings. The summed E-state index contributed by atoms with van der Waals surface area (Å²) in [4.78, 5) is 0. The smallest absolute Gasteiger partial charge is 0.127 e. The molecule has 1 rings (SSSR count). The summed E-state index contributed by atoms with van der Waals surface area (Å²) in [6.07, 6.45) is 0.506. The summed E-state index contributed by atoms with van der Waals surface area (Å²) >= 11 is 6.03. The number of likely N-dealkylation sites (N-methyl/N-ethyl adjacent to an activating group) is 1. The lowest BCUT2D eigenvalue weighted by molar-refractivity contribution is 0.0588. The zero-order chi connectivity index (χ0) is 14.1. The van der Waals surface area contributed by atoms with Crippen LogP contribution < -0.4 is 5.32 Å². The summed E-state index contributed by atoms with van der Waals surface area (Å²) in [6, 6.07) is 4.78. The van der Waals surface area contributed by atoms with E-state index in [9.17, 15) is 4.39 Å². The van der Waals surface area contributed by atoms with Crippen LogP contribution in [-0.2, 0) is 15.9 Å². The Hall–Kier alpha value is -0.680. The van der Waals surface area contributed by atoms with E-state index in [2.05, 4.69) is 5.32 Å². The fraction of sp³-hybridized carbons (Fsp3) is 0.571. The van der Waals surface area contributed by atoms with Crippen LogP contribution in [0, 0.1) is 5.82 Å². The van der Waals surface area contributed by atoms with Gasteiger partial charge in [-0.1, -0.05) is 24.6 Å². The molecule has 19 heavy (non-hydrogen) atoms. The Kier molecular flexibility index (Phi) is 7.98. The van der Waals surface area contributed by atoms with E-state index in [4.69, 9.17) is 21.1 Å². The maximum Gasteiger partial charge on any atom is 0.127 e. The van der Waals surface area contributed by atoms with Crippen LogP contribution in [0.5, 0.6) is 0 Å². The Morgan fingerprint density at radius 1 is 1.37 bits per heavy atom. The molecule has 0 aliphatic carbocycles. The van der Waals surface area contributed by atoms with Gasteiger partial charge in [0.05, 0.1) is 19.8 Å². The maximum atomic E-state index is 13.7. The van der Waals surface area contributed by atoms with Gasteiger partial charge in [0.15, 0.2) is 0 Å². The highest BCUT2D eigenvalue weighted by Gasteiger charge is 2.14. The number of hydrogen-bond acceptors (Lipinski definition) is 3. The highest BCUT2D eigenvalue weighted by atomic mass is 35.5. The molecule has 1 aromatic carbocycles. The molecule has 1 unspecified atom stereocenters. The first-order chi connectivity index (χ1) is 9.19. The summed E-state index contributed by atoms with van der Waals surface area (Å²) in [5.41, 5.74) is 0.533. The van der Waals surface area contributed by atoms with Crippen LogP contribution in [-0.4, -0.2) is 39.5 Å². The van der Waals surface area contributed by atoms with Crippen LogP contribution in [0.4, 0.5) is 4.39 Å². The van der Waals surface area contributed by atoms with Gasteiger partial charge in [-0.15, -0.1) is 0 Å². The largest absolute Gasteiger partial charge is 0.382 e. The highest BCUT2D eigenvalue weighted by Crippen LogP contribution is 2.20. The molecule has 0 aromatic heterocycles. The fourth-order valence-corrected chi connectivity index (χ4v) is 2.06. The van der Waals surface area contributed by atoms with Crippen molar-refractivity contribution in [2.45, 2.75) is 19.4 Å². The van der Waals surface area contributed by atoms with E-state index in [1.54, 1.807) is 19.2 Å². The third-order valence-electron chi connectivity index (χ3n) is 2.76. The van der Waals surface area contributed by atoms with Crippen LogP contribution in [0.3, 0.4) is 0 Å². The van der Waals surface area contributed by atoms with E-state index in [1.807, 2.05) is 6.92 Å². The summed E-state index contributed by atoms with van der Waals surface area (Å²) in [5.74, 6) is -0.271. The molecule has 0 saturated heterocycles. The second-order valence-corrected chi connectivity index (χ2v) is 4.63. The van der Waals surface area contributed by atoms with Gasteiger partial charge in [0, 0.05) is 23.7 Å². The predicted octanol–water partition coefficient (Wildman–Crippen LogP) is 2.66. The number of benzene rings is 1. The second kappa shape index (κ2) is 9.26. The molecular weight excluding hydrogens is 269 g/mol. The third kappa shape index (κ3) is 5.87. The number of ether oxygens (including phenoxy) is 2. The third-order valence-corrected chi connectivity index (χ3v) is 3.11. The number of hydrogen-bond donors (Lipinski definition) is 1. The van der Waals surface area contributed by atoms with Crippen molar-refractivity contribution in [3.63, 3.8) is 0 Å². The lowest BCUT2D eigenvalue weighted by atomic mass is 10.1. The minimum absolute atomic E-state index is 0.0382. The monoisotopic (exact) mass is 289 g/mol. The number of halogens is 2. The lowest BCUT2D eigenvalue weighted by Gasteiger charge is -2.19. The Morgan fingerprint density at radius 2 is 2.16 bits per heavy atom. The molecule has 0 heterocycles. The van der Waals surface area contributed by atoms with E-state index < -0.39 is 0 Å². The van der Waals surface area contributed by atoms with E-state index in [-0.39, 0.29) is 11.9 Å². The van der Waals surface area contributed by atoms with Crippen molar-refractivity contribution in [2.24, 2.45) is 0 Å². The zero-order valence-electron chi connectivity index (χ0n) is 11.4. The minimum atomic E-state index is -0.271. The first kappa shape index (κ1) is 16.4. The zero-order valence-corrected chi connectivity index (χ0v) is 12.2. The normalized spacial score (nSPS) is 12.6. The maximum absolute atomic E-state index is 13.7. The van der Waals surface area contributed by atoms with E-state index in [1.165, 1.54) is 6.07 Å². The quantitative estimate of drug-likeness (QED) is 0.709. The Balaban J connectivity index is 2.57. The summed E-state index contributed by atoms with van der Waals surface area (Å²) in [6.45, 7) is 4.39. The van der Waals surface area contributed by atoms with Gasteiger partial charge < -0.3 is 14.8 Å². The van der Waals surface area contributed by atoms with Gasteiger partial charge in [0.25, 0.3) is 0 Å². The van der Waals surface area contributed by atoms with Gasteiger partial charge in [-0.25, -0.2) is 4.39 Å². The first-order valence-electron chi connectivity index (χ1n) is 6.42. The van der Waals surface area contributed by atoms with Gasteiger partial charge in [-0.05, 0) is 25.1 Å². The van der Waals surface area contributed by atoms with Crippen LogP contribution >= 0.6 is 11.6 Å². The lowest BCUT2D eigenvalue weighted by Crippen LogP contribution is -2.36. The molecule has 0 spiro atoms. The van der Waals surface area contributed by atoms with Crippen LogP contribution in [0.2, 0.25) is 5.02 Å². The highest BCUT2D eigenvalue weighted by molar-refractivity contribution is 6.31. The molecule has 0 saturated carbocycles. The van der Waals surface area contributed by atoms with Crippen molar-refractivity contribution in [3.05, 3.63) is 34.6 Å². The Labute approximate surface area is 119 Å². The predicted molar refractivity (Wildman–Crippen MR) is 75.3 cm³/mol. The molecule has 0 aliphatic heterocycles. The van der Waals surface area contributed by atoms with Crippen LogP contribution in [0.15, 0.2) is 18.2 Å². The number of rotatable bonds is 9.